The zero-order chi connectivity index (χ0) is 17.3. The van der Waals surface area contributed by atoms with Gasteiger partial charge in [-0.15, -0.1) is 0 Å². The highest BCUT2D eigenvalue weighted by molar-refractivity contribution is 6.45. The predicted molar refractivity (Wildman–Crippen MR) is 89.7 cm³/mol. The summed E-state index contributed by atoms with van der Waals surface area (Å²) in [5.41, 5.74) is 1.10. The number of aryl methyl sites for hydroxylation is 1. The normalized spacial score (nSPS) is 16.1. The number of halogens is 4. The standard InChI is InChI=1S/C16H18Cl2F2N2O2/c1-22-10-7-11(23-8-12(19)20)13(17)14(18)15(10)21-16(22)24-9-5-3-2-4-6-9/h7,9,12H,2-6,8H2,1H3. The van der Waals surface area contributed by atoms with Gasteiger partial charge in [0, 0.05) is 13.1 Å². The number of alkyl halides is 2. The fraction of sp³-hybridized carbons (Fsp3) is 0.562. The highest BCUT2D eigenvalue weighted by Crippen LogP contribution is 2.40. The number of hydrogen-bond donors (Lipinski definition) is 0. The van der Waals surface area contributed by atoms with Crippen molar-refractivity contribution in [3.8, 4) is 11.8 Å². The number of hydrogen-bond acceptors (Lipinski definition) is 3. The van der Waals surface area contributed by atoms with Gasteiger partial charge in [0.25, 0.3) is 12.4 Å². The third-order valence-electron chi connectivity index (χ3n) is 4.17. The summed E-state index contributed by atoms with van der Waals surface area (Å²) in [7, 11) is 1.79. The van der Waals surface area contributed by atoms with Crippen molar-refractivity contribution in [3.63, 3.8) is 0 Å². The largest absolute Gasteiger partial charge is 0.486 e. The van der Waals surface area contributed by atoms with E-state index in [0.717, 1.165) is 25.7 Å². The summed E-state index contributed by atoms with van der Waals surface area (Å²) < 4.78 is 37.5. The van der Waals surface area contributed by atoms with Crippen LogP contribution in [0, 0.1) is 0 Å². The van der Waals surface area contributed by atoms with Crippen LogP contribution in [0.25, 0.3) is 11.0 Å². The third kappa shape index (κ3) is 3.54. The number of imidazole rings is 1. The zero-order valence-electron chi connectivity index (χ0n) is 13.2. The summed E-state index contributed by atoms with van der Waals surface area (Å²) >= 11 is 12.4. The second-order valence-corrected chi connectivity index (χ2v) is 6.66. The zero-order valence-corrected chi connectivity index (χ0v) is 14.7. The van der Waals surface area contributed by atoms with Crippen molar-refractivity contribution in [2.24, 2.45) is 7.05 Å². The number of fused-ring (bicyclic) bond motifs is 1. The molecule has 1 aliphatic rings. The molecule has 0 saturated heterocycles. The van der Waals surface area contributed by atoms with Crippen LogP contribution in [0.15, 0.2) is 6.07 Å². The van der Waals surface area contributed by atoms with Gasteiger partial charge in [-0.2, -0.15) is 4.98 Å². The van der Waals surface area contributed by atoms with E-state index in [-0.39, 0.29) is 21.9 Å². The summed E-state index contributed by atoms with van der Waals surface area (Å²) in [5, 5.41) is 0.250. The van der Waals surface area contributed by atoms with Gasteiger partial charge in [-0.1, -0.05) is 29.6 Å². The quantitative estimate of drug-likeness (QED) is 0.713. The van der Waals surface area contributed by atoms with Crippen LogP contribution < -0.4 is 9.47 Å². The average Bonchev–Trinajstić information content (AvgIpc) is 2.87. The lowest BCUT2D eigenvalue weighted by molar-refractivity contribution is 0.0820. The molecule has 4 nitrogen and oxygen atoms in total. The lowest BCUT2D eigenvalue weighted by Gasteiger charge is -2.22. The summed E-state index contributed by atoms with van der Waals surface area (Å²) in [4.78, 5) is 4.42. The maximum Gasteiger partial charge on any atom is 0.297 e. The van der Waals surface area contributed by atoms with Crippen LogP contribution in [0.2, 0.25) is 10.0 Å². The van der Waals surface area contributed by atoms with Gasteiger partial charge in [0.2, 0.25) is 0 Å². The van der Waals surface area contributed by atoms with Crippen molar-refractivity contribution < 1.29 is 18.3 Å². The Kier molecular flexibility index (Phi) is 5.35. The van der Waals surface area contributed by atoms with Crippen LogP contribution in [0.1, 0.15) is 32.1 Å². The molecule has 0 radical (unpaired) electrons. The van der Waals surface area contributed by atoms with E-state index in [1.807, 2.05) is 0 Å². The van der Waals surface area contributed by atoms with Crippen LogP contribution in [0.3, 0.4) is 0 Å². The summed E-state index contributed by atoms with van der Waals surface area (Å²) in [5.74, 6) is 0.113. The first-order valence-electron chi connectivity index (χ1n) is 7.89. The van der Waals surface area contributed by atoms with Gasteiger partial charge in [0.15, 0.2) is 0 Å². The second-order valence-electron chi connectivity index (χ2n) is 5.90. The van der Waals surface area contributed by atoms with Crippen LogP contribution in [-0.2, 0) is 7.05 Å². The van der Waals surface area contributed by atoms with Crippen LogP contribution in [0.4, 0.5) is 8.78 Å². The Hall–Kier alpha value is -1.27. The molecule has 0 amide bonds. The summed E-state index contributed by atoms with van der Waals surface area (Å²) in [6.07, 6.45) is 3.07. The molecule has 0 spiro atoms. The minimum atomic E-state index is -2.59. The van der Waals surface area contributed by atoms with Gasteiger partial charge in [0.1, 0.15) is 29.0 Å². The van der Waals surface area contributed by atoms with Crippen molar-refractivity contribution in [3.05, 3.63) is 16.1 Å². The van der Waals surface area contributed by atoms with E-state index in [9.17, 15) is 8.78 Å². The van der Waals surface area contributed by atoms with E-state index in [1.165, 1.54) is 6.42 Å². The van der Waals surface area contributed by atoms with Gasteiger partial charge in [0.05, 0.1) is 10.5 Å². The average molecular weight is 379 g/mol. The van der Waals surface area contributed by atoms with Crippen molar-refractivity contribution in [1.29, 1.82) is 0 Å². The molecule has 0 unspecified atom stereocenters. The van der Waals surface area contributed by atoms with Gasteiger partial charge in [-0.25, -0.2) is 8.78 Å². The second kappa shape index (κ2) is 7.31. The predicted octanol–water partition coefficient (Wildman–Crippen LogP) is 5.24. The van der Waals surface area contributed by atoms with Crippen molar-refractivity contribution in [2.75, 3.05) is 6.61 Å². The van der Waals surface area contributed by atoms with Crippen LogP contribution >= 0.6 is 23.2 Å². The maximum atomic E-state index is 12.4. The van der Waals surface area contributed by atoms with Gasteiger partial charge in [-0.05, 0) is 25.7 Å². The van der Waals surface area contributed by atoms with E-state index >= 15 is 0 Å². The number of ether oxygens (including phenoxy) is 2. The monoisotopic (exact) mass is 378 g/mol. The first kappa shape index (κ1) is 17.5. The smallest absolute Gasteiger partial charge is 0.297 e. The Balaban J connectivity index is 1.93. The molecule has 1 saturated carbocycles. The van der Waals surface area contributed by atoms with Crippen molar-refractivity contribution in [1.82, 2.24) is 9.55 Å². The van der Waals surface area contributed by atoms with Gasteiger partial charge < -0.3 is 9.47 Å². The highest BCUT2D eigenvalue weighted by atomic mass is 35.5. The SMILES string of the molecule is Cn1c(OC2CCCCC2)nc2c(Cl)c(Cl)c(OCC(F)F)cc21. The molecule has 3 rings (SSSR count). The minimum absolute atomic E-state index is 0.0760. The Labute approximate surface area is 148 Å². The number of rotatable bonds is 5. The van der Waals surface area contributed by atoms with E-state index < -0.39 is 13.0 Å². The van der Waals surface area contributed by atoms with Gasteiger partial charge in [-0.3, -0.25) is 4.57 Å². The number of benzene rings is 1. The van der Waals surface area contributed by atoms with Crippen LogP contribution in [0.5, 0.6) is 11.8 Å². The Morgan fingerprint density at radius 1 is 1.25 bits per heavy atom. The fourth-order valence-electron chi connectivity index (χ4n) is 2.91. The first-order chi connectivity index (χ1) is 11.5. The third-order valence-corrected chi connectivity index (χ3v) is 5.01. The molecule has 0 aliphatic heterocycles. The molecule has 1 heterocycles. The lowest BCUT2D eigenvalue weighted by atomic mass is 9.98. The number of nitrogens with zero attached hydrogens (tertiary/aromatic N) is 2. The molecular weight excluding hydrogens is 361 g/mol. The Bertz CT molecular complexity index is 731. The van der Waals surface area contributed by atoms with E-state index in [1.54, 1.807) is 17.7 Å². The first-order valence-corrected chi connectivity index (χ1v) is 8.65. The van der Waals surface area contributed by atoms with E-state index in [2.05, 4.69) is 4.98 Å². The van der Waals surface area contributed by atoms with Crippen molar-refractivity contribution >= 4 is 34.2 Å². The van der Waals surface area contributed by atoms with Crippen LogP contribution in [-0.4, -0.2) is 28.7 Å². The van der Waals surface area contributed by atoms with Gasteiger partial charge >= 0.3 is 0 Å². The Morgan fingerprint density at radius 2 is 1.96 bits per heavy atom. The molecule has 132 valence electrons. The summed E-state index contributed by atoms with van der Waals surface area (Å²) in [6, 6.07) is 2.01. The molecule has 2 aromatic rings. The lowest BCUT2D eigenvalue weighted by Crippen LogP contribution is -2.21. The summed E-state index contributed by atoms with van der Waals surface area (Å²) in [6.45, 7) is -0.745. The topological polar surface area (TPSA) is 36.3 Å². The molecular formula is C16H18Cl2F2N2O2. The molecule has 1 aromatic heterocycles. The molecule has 1 aromatic carbocycles. The highest BCUT2D eigenvalue weighted by Gasteiger charge is 2.22. The fourth-order valence-corrected chi connectivity index (χ4v) is 3.34. The Morgan fingerprint density at radius 3 is 2.62 bits per heavy atom. The molecule has 0 N–H and O–H groups in total. The molecule has 0 bridgehead atoms. The molecule has 8 heteroatoms. The molecule has 0 atom stereocenters. The molecule has 1 fully saturated rings. The van der Waals surface area contributed by atoms with E-state index in [4.69, 9.17) is 32.7 Å². The molecule has 24 heavy (non-hydrogen) atoms. The van der Waals surface area contributed by atoms with Crippen molar-refractivity contribution in [2.45, 2.75) is 44.6 Å². The number of aromatic nitrogens is 2. The maximum absolute atomic E-state index is 12.4. The molecule has 1 aliphatic carbocycles. The minimum Gasteiger partial charge on any atom is -0.486 e. The van der Waals surface area contributed by atoms with E-state index in [0.29, 0.717) is 17.0 Å².